The van der Waals surface area contributed by atoms with Gasteiger partial charge in [-0.2, -0.15) is 0 Å². The summed E-state index contributed by atoms with van der Waals surface area (Å²) in [5.74, 6) is 1.87. The Morgan fingerprint density at radius 2 is 1.86 bits per heavy atom. The number of aliphatic hydroxyl groups is 1. The van der Waals surface area contributed by atoms with Crippen LogP contribution in [0.2, 0.25) is 0 Å². The molecule has 0 saturated carbocycles. The summed E-state index contributed by atoms with van der Waals surface area (Å²) >= 11 is 0. The Balaban J connectivity index is 1.63. The average molecular weight is 398 g/mol. The molecule has 2 N–H and O–H groups in total. The second-order valence-electron chi connectivity index (χ2n) is 7.92. The third-order valence-electron chi connectivity index (χ3n) is 4.96. The number of hydrogen-bond acceptors (Lipinski definition) is 5. The molecule has 3 rings (SSSR count). The number of H-pyrrole nitrogens is 1. The Kier molecular flexibility index (Phi) is 6.77. The van der Waals surface area contributed by atoms with Gasteiger partial charge in [0.2, 0.25) is 0 Å². The molecule has 156 valence electrons. The van der Waals surface area contributed by atoms with Gasteiger partial charge in [0.15, 0.2) is 0 Å². The van der Waals surface area contributed by atoms with Crippen molar-refractivity contribution in [3.05, 3.63) is 53.3 Å². The maximum atomic E-state index is 10.4. The van der Waals surface area contributed by atoms with Crippen LogP contribution in [-0.2, 0) is 6.54 Å². The van der Waals surface area contributed by atoms with Crippen molar-refractivity contribution in [2.45, 2.75) is 39.3 Å². The summed E-state index contributed by atoms with van der Waals surface area (Å²) in [6.45, 7) is 7.90. The standard InChI is InChI=1S/C23H31N3O3/c1-15(2)22-21(20-10-16(3)11-24-23(20)25-22)13-26(4)12-17(27)14-29-19-8-6-18(28-5)7-9-19/h6-11,15,17,27H,12-14H2,1-5H3,(H,24,25). The molecule has 1 atom stereocenters. The normalized spacial score (nSPS) is 12.7. The molecule has 0 fully saturated rings. The minimum absolute atomic E-state index is 0.238. The van der Waals surface area contributed by atoms with E-state index in [1.54, 1.807) is 7.11 Å². The molecule has 0 amide bonds. The molecule has 0 saturated heterocycles. The van der Waals surface area contributed by atoms with Crippen molar-refractivity contribution >= 4 is 11.0 Å². The SMILES string of the molecule is COc1ccc(OCC(O)CN(C)Cc2c(C(C)C)[nH]c3ncc(C)cc23)cc1. The first-order valence-corrected chi connectivity index (χ1v) is 9.98. The Morgan fingerprint density at radius 1 is 1.17 bits per heavy atom. The largest absolute Gasteiger partial charge is 0.497 e. The summed E-state index contributed by atoms with van der Waals surface area (Å²) in [7, 11) is 3.65. The van der Waals surface area contributed by atoms with Crippen molar-refractivity contribution in [3.8, 4) is 11.5 Å². The van der Waals surface area contributed by atoms with Gasteiger partial charge in [0.1, 0.15) is 29.9 Å². The number of rotatable bonds is 9. The van der Waals surface area contributed by atoms with Crippen LogP contribution in [0.5, 0.6) is 11.5 Å². The van der Waals surface area contributed by atoms with Gasteiger partial charge in [0.25, 0.3) is 0 Å². The number of likely N-dealkylation sites (N-methyl/N-ethyl adjacent to an activating group) is 1. The fraction of sp³-hybridized carbons (Fsp3) is 0.435. The molecular weight excluding hydrogens is 366 g/mol. The fourth-order valence-corrected chi connectivity index (χ4v) is 3.52. The summed E-state index contributed by atoms with van der Waals surface area (Å²) in [4.78, 5) is 10.1. The van der Waals surface area contributed by atoms with E-state index in [0.717, 1.165) is 28.9 Å². The highest BCUT2D eigenvalue weighted by Gasteiger charge is 2.18. The predicted molar refractivity (Wildman–Crippen MR) is 116 cm³/mol. The zero-order chi connectivity index (χ0) is 21.0. The number of methoxy groups -OCH3 is 1. The molecule has 6 nitrogen and oxygen atoms in total. The van der Waals surface area contributed by atoms with Crippen molar-refractivity contribution in [3.63, 3.8) is 0 Å². The molecule has 2 heterocycles. The van der Waals surface area contributed by atoms with Crippen LogP contribution in [0.4, 0.5) is 0 Å². The Hall–Kier alpha value is -2.57. The minimum Gasteiger partial charge on any atom is -0.497 e. The van der Waals surface area contributed by atoms with E-state index in [2.05, 4.69) is 41.7 Å². The van der Waals surface area contributed by atoms with E-state index in [0.29, 0.717) is 18.2 Å². The molecule has 0 aliphatic carbocycles. The van der Waals surface area contributed by atoms with E-state index in [4.69, 9.17) is 9.47 Å². The Labute approximate surface area is 172 Å². The molecule has 1 aromatic carbocycles. The highest BCUT2D eigenvalue weighted by molar-refractivity contribution is 5.82. The molecule has 0 aliphatic heterocycles. The number of aromatic amines is 1. The van der Waals surface area contributed by atoms with Gasteiger partial charge in [-0.25, -0.2) is 4.98 Å². The summed E-state index contributed by atoms with van der Waals surface area (Å²) in [5, 5.41) is 11.6. The number of hydrogen-bond donors (Lipinski definition) is 2. The third kappa shape index (κ3) is 5.28. The van der Waals surface area contributed by atoms with Gasteiger partial charge < -0.3 is 19.6 Å². The quantitative estimate of drug-likeness (QED) is 0.573. The van der Waals surface area contributed by atoms with Crippen molar-refractivity contribution in [2.24, 2.45) is 0 Å². The summed E-state index contributed by atoms with van der Waals surface area (Å²) in [5.41, 5.74) is 4.51. The number of aryl methyl sites for hydroxylation is 1. The number of nitrogens with zero attached hydrogens (tertiary/aromatic N) is 2. The lowest BCUT2D eigenvalue weighted by Gasteiger charge is -2.22. The molecule has 0 radical (unpaired) electrons. The first kappa shape index (κ1) is 21.1. The predicted octanol–water partition coefficient (Wildman–Crippen LogP) is 3.88. The summed E-state index contributed by atoms with van der Waals surface area (Å²) < 4.78 is 10.8. The number of benzene rings is 1. The monoisotopic (exact) mass is 397 g/mol. The molecule has 3 aromatic rings. The van der Waals surface area contributed by atoms with Crippen molar-refractivity contribution in [1.82, 2.24) is 14.9 Å². The van der Waals surface area contributed by atoms with Crippen LogP contribution in [0, 0.1) is 6.92 Å². The lowest BCUT2D eigenvalue weighted by molar-refractivity contribution is 0.0744. The number of pyridine rings is 1. The van der Waals surface area contributed by atoms with Crippen LogP contribution in [0.3, 0.4) is 0 Å². The second kappa shape index (κ2) is 9.29. The molecular formula is C23H31N3O3. The molecule has 2 aromatic heterocycles. The minimum atomic E-state index is -0.588. The fourth-order valence-electron chi connectivity index (χ4n) is 3.52. The van der Waals surface area contributed by atoms with E-state index in [1.165, 1.54) is 11.3 Å². The van der Waals surface area contributed by atoms with E-state index in [9.17, 15) is 5.11 Å². The van der Waals surface area contributed by atoms with Crippen LogP contribution in [0.15, 0.2) is 36.5 Å². The van der Waals surface area contributed by atoms with Crippen LogP contribution in [-0.4, -0.2) is 53.4 Å². The van der Waals surface area contributed by atoms with Gasteiger partial charge in [-0.15, -0.1) is 0 Å². The Morgan fingerprint density at radius 3 is 2.52 bits per heavy atom. The van der Waals surface area contributed by atoms with Gasteiger partial charge in [-0.3, -0.25) is 4.90 Å². The van der Waals surface area contributed by atoms with E-state index in [-0.39, 0.29) is 6.61 Å². The Bertz CT molecular complexity index is 934. The van der Waals surface area contributed by atoms with E-state index in [1.807, 2.05) is 37.5 Å². The number of ether oxygens (including phenoxy) is 2. The lowest BCUT2D eigenvalue weighted by atomic mass is 10.0. The molecule has 29 heavy (non-hydrogen) atoms. The smallest absolute Gasteiger partial charge is 0.137 e. The third-order valence-corrected chi connectivity index (χ3v) is 4.96. The summed E-state index contributed by atoms with van der Waals surface area (Å²) in [6, 6.07) is 9.54. The van der Waals surface area contributed by atoms with Crippen LogP contribution in [0.1, 0.15) is 36.6 Å². The molecule has 1 unspecified atom stereocenters. The molecule has 0 aliphatic rings. The number of aliphatic hydroxyl groups excluding tert-OH is 1. The second-order valence-corrected chi connectivity index (χ2v) is 7.92. The maximum absolute atomic E-state index is 10.4. The van der Waals surface area contributed by atoms with Gasteiger partial charge in [0, 0.05) is 30.4 Å². The first-order chi connectivity index (χ1) is 13.9. The molecule has 0 bridgehead atoms. The number of nitrogens with one attached hydrogen (secondary N) is 1. The maximum Gasteiger partial charge on any atom is 0.137 e. The highest BCUT2D eigenvalue weighted by Crippen LogP contribution is 2.28. The average Bonchev–Trinajstić information content (AvgIpc) is 3.04. The number of aromatic nitrogens is 2. The van der Waals surface area contributed by atoms with E-state index < -0.39 is 6.10 Å². The van der Waals surface area contributed by atoms with Crippen molar-refractivity contribution in [1.29, 1.82) is 0 Å². The summed E-state index contributed by atoms with van der Waals surface area (Å²) in [6.07, 6.45) is 1.30. The lowest BCUT2D eigenvalue weighted by Crippen LogP contribution is -2.33. The van der Waals surface area contributed by atoms with Crippen molar-refractivity contribution in [2.75, 3.05) is 27.3 Å². The molecule has 0 spiro atoms. The zero-order valence-corrected chi connectivity index (χ0v) is 17.9. The van der Waals surface area contributed by atoms with Gasteiger partial charge >= 0.3 is 0 Å². The van der Waals surface area contributed by atoms with Gasteiger partial charge in [-0.1, -0.05) is 13.8 Å². The molecule has 6 heteroatoms. The zero-order valence-electron chi connectivity index (χ0n) is 17.9. The van der Waals surface area contributed by atoms with Crippen molar-refractivity contribution < 1.29 is 14.6 Å². The van der Waals surface area contributed by atoms with E-state index >= 15 is 0 Å². The van der Waals surface area contributed by atoms with Gasteiger partial charge in [-0.05, 0) is 61.3 Å². The van der Waals surface area contributed by atoms with Crippen LogP contribution >= 0.6 is 0 Å². The van der Waals surface area contributed by atoms with Crippen LogP contribution in [0.25, 0.3) is 11.0 Å². The number of fused-ring (bicyclic) bond motifs is 1. The topological polar surface area (TPSA) is 70.6 Å². The first-order valence-electron chi connectivity index (χ1n) is 9.98. The van der Waals surface area contributed by atoms with Crippen LogP contribution < -0.4 is 9.47 Å². The van der Waals surface area contributed by atoms with Gasteiger partial charge in [0.05, 0.1) is 7.11 Å². The highest BCUT2D eigenvalue weighted by atomic mass is 16.5.